The van der Waals surface area contributed by atoms with Crippen molar-refractivity contribution in [3.05, 3.63) is 110 Å². The summed E-state index contributed by atoms with van der Waals surface area (Å²) in [5.41, 5.74) is 0.238. The molecular weight excluding hydrogens is 494 g/mol. The first-order valence-corrected chi connectivity index (χ1v) is 10.4. The van der Waals surface area contributed by atoms with E-state index in [1.165, 1.54) is 24.3 Å². The third-order valence-electron chi connectivity index (χ3n) is 5.03. The summed E-state index contributed by atoms with van der Waals surface area (Å²) in [5, 5.41) is 12.3. The lowest BCUT2D eigenvalue weighted by atomic mass is 10.1. The minimum absolute atomic E-state index is 0.0271. The minimum Gasteiger partial charge on any atom is -0.292 e. The van der Waals surface area contributed by atoms with Gasteiger partial charge in [-0.2, -0.15) is 5.01 Å². The van der Waals surface area contributed by atoms with Crippen molar-refractivity contribution in [3.8, 4) is 0 Å². The number of carbonyl (C=O) groups is 4. The highest BCUT2D eigenvalue weighted by molar-refractivity contribution is 9.10. The molecule has 0 atom stereocenters. The van der Waals surface area contributed by atoms with E-state index in [0.717, 1.165) is 21.6 Å². The van der Waals surface area contributed by atoms with Gasteiger partial charge in [0.15, 0.2) is 5.78 Å². The molecule has 0 saturated carbocycles. The smallest absolute Gasteiger partial charge is 0.280 e. The van der Waals surface area contributed by atoms with Crippen LogP contribution in [0.5, 0.6) is 0 Å². The Balaban J connectivity index is 1.72. The Morgan fingerprint density at radius 3 is 1.88 bits per heavy atom. The van der Waals surface area contributed by atoms with E-state index in [1.54, 1.807) is 36.4 Å². The first-order chi connectivity index (χ1) is 15.8. The van der Waals surface area contributed by atoms with Gasteiger partial charge in [-0.15, -0.1) is 0 Å². The van der Waals surface area contributed by atoms with Gasteiger partial charge in [0.1, 0.15) is 6.54 Å². The van der Waals surface area contributed by atoms with E-state index >= 15 is 0 Å². The number of imide groups is 1. The van der Waals surface area contributed by atoms with Gasteiger partial charge in [-0.3, -0.25) is 29.3 Å². The lowest BCUT2D eigenvalue weighted by Gasteiger charge is -2.29. The summed E-state index contributed by atoms with van der Waals surface area (Å²) in [7, 11) is 0. The molecule has 0 spiro atoms. The number of rotatable bonds is 6. The number of hydrogen-bond acceptors (Lipinski definition) is 6. The molecule has 0 N–H and O–H groups in total. The molecule has 1 aliphatic heterocycles. The molecule has 0 fully saturated rings. The SMILES string of the molecule is O=C(CN(C(=O)c1ccc([N+](=O)[O-])cc1)N1C(=O)c2ccccc2C1=O)c1ccc(Br)cc1. The van der Waals surface area contributed by atoms with Crippen molar-refractivity contribution in [2.75, 3.05) is 6.54 Å². The Kier molecular flexibility index (Phi) is 5.84. The number of fused-ring (bicyclic) bond motifs is 1. The molecule has 0 bridgehead atoms. The summed E-state index contributed by atoms with van der Waals surface area (Å²) in [6.07, 6.45) is 0. The number of nitrogens with zero attached hydrogens (tertiary/aromatic N) is 3. The topological polar surface area (TPSA) is 118 Å². The Bertz CT molecular complexity index is 1270. The van der Waals surface area contributed by atoms with Crippen molar-refractivity contribution in [3.63, 3.8) is 0 Å². The van der Waals surface area contributed by atoms with Crippen LogP contribution in [0.15, 0.2) is 77.3 Å². The molecule has 3 aromatic carbocycles. The summed E-state index contributed by atoms with van der Waals surface area (Å²) in [5.74, 6) is -2.82. The van der Waals surface area contributed by atoms with Crippen LogP contribution in [0, 0.1) is 10.1 Å². The summed E-state index contributed by atoms with van der Waals surface area (Å²) in [6, 6.07) is 17.1. The number of non-ortho nitro benzene ring substituents is 1. The molecule has 0 aromatic heterocycles. The quantitative estimate of drug-likeness (QED) is 0.216. The Morgan fingerprint density at radius 1 is 0.848 bits per heavy atom. The van der Waals surface area contributed by atoms with E-state index in [2.05, 4.69) is 15.9 Å². The van der Waals surface area contributed by atoms with Gasteiger partial charge in [0.2, 0.25) is 0 Å². The van der Waals surface area contributed by atoms with Crippen LogP contribution in [-0.2, 0) is 0 Å². The lowest BCUT2D eigenvalue weighted by molar-refractivity contribution is -0.384. The van der Waals surface area contributed by atoms with Crippen LogP contribution in [-0.4, -0.2) is 45.0 Å². The predicted octanol–water partition coefficient (Wildman–Crippen LogP) is 3.89. The van der Waals surface area contributed by atoms with Crippen molar-refractivity contribution >= 4 is 45.1 Å². The van der Waals surface area contributed by atoms with E-state index in [-0.39, 0.29) is 27.9 Å². The van der Waals surface area contributed by atoms with Crippen LogP contribution >= 0.6 is 15.9 Å². The van der Waals surface area contributed by atoms with Crippen LogP contribution in [0.4, 0.5) is 5.69 Å². The zero-order chi connectivity index (χ0) is 23.7. The molecule has 1 heterocycles. The zero-order valence-corrected chi connectivity index (χ0v) is 18.4. The molecule has 1 aliphatic rings. The molecule has 0 unspecified atom stereocenters. The average molecular weight is 508 g/mol. The number of nitro benzene ring substituents is 1. The highest BCUT2D eigenvalue weighted by Crippen LogP contribution is 2.26. The molecule has 3 amide bonds. The summed E-state index contributed by atoms with van der Waals surface area (Å²) >= 11 is 3.28. The highest BCUT2D eigenvalue weighted by Gasteiger charge is 2.42. The fourth-order valence-electron chi connectivity index (χ4n) is 3.37. The zero-order valence-electron chi connectivity index (χ0n) is 16.8. The Hall–Kier alpha value is -4.18. The third-order valence-corrected chi connectivity index (χ3v) is 5.56. The number of nitro groups is 1. The Labute approximate surface area is 195 Å². The molecule has 3 aromatic rings. The predicted molar refractivity (Wildman–Crippen MR) is 120 cm³/mol. The van der Waals surface area contributed by atoms with Crippen molar-refractivity contribution in [1.29, 1.82) is 0 Å². The average Bonchev–Trinajstić information content (AvgIpc) is 3.07. The van der Waals surface area contributed by atoms with Crippen molar-refractivity contribution in [1.82, 2.24) is 10.0 Å². The minimum atomic E-state index is -0.829. The number of benzene rings is 3. The van der Waals surface area contributed by atoms with Gasteiger partial charge in [0.25, 0.3) is 23.4 Å². The molecule has 0 radical (unpaired) electrons. The number of hydrogen-bond donors (Lipinski definition) is 0. The van der Waals surface area contributed by atoms with Gasteiger partial charge in [0.05, 0.1) is 16.1 Å². The molecule has 4 rings (SSSR count). The van der Waals surface area contributed by atoms with Crippen LogP contribution in [0.3, 0.4) is 0 Å². The highest BCUT2D eigenvalue weighted by atomic mass is 79.9. The summed E-state index contributed by atoms with van der Waals surface area (Å²) in [4.78, 5) is 62.6. The maximum atomic E-state index is 13.3. The number of hydrazine groups is 1. The number of Topliss-reactive ketones (excluding diaryl/α,β-unsaturated/α-hetero) is 1. The first-order valence-electron chi connectivity index (χ1n) is 9.60. The van der Waals surface area contributed by atoms with Crippen molar-refractivity contribution in [2.24, 2.45) is 0 Å². The van der Waals surface area contributed by atoms with Gasteiger partial charge in [-0.05, 0) is 36.4 Å². The van der Waals surface area contributed by atoms with Gasteiger partial charge in [-0.25, -0.2) is 5.01 Å². The van der Waals surface area contributed by atoms with Gasteiger partial charge >= 0.3 is 0 Å². The van der Waals surface area contributed by atoms with Crippen LogP contribution < -0.4 is 0 Å². The largest absolute Gasteiger partial charge is 0.292 e. The molecule has 10 heteroatoms. The monoisotopic (exact) mass is 507 g/mol. The molecule has 9 nitrogen and oxygen atoms in total. The maximum Gasteiger partial charge on any atom is 0.280 e. The summed E-state index contributed by atoms with van der Waals surface area (Å²) in [6.45, 7) is -0.594. The van der Waals surface area contributed by atoms with Gasteiger partial charge < -0.3 is 0 Å². The molecule has 0 saturated heterocycles. The first kappa shape index (κ1) is 22.0. The molecule has 164 valence electrons. The molecule has 0 aliphatic carbocycles. The van der Waals surface area contributed by atoms with Crippen molar-refractivity contribution < 1.29 is 24.1 Å². The fraction of sp³-hybridized carbons (Fsp3) is 0.0435. The molecular formula is C23H14BrN3O6. The van der Waals surface area contributed by atoms with E-state index in [9.17, 15) is 29.3 Å². The summed E-state index contributed by atoms with van der Waals surface area (Å²) < 4.78 is 0.748. The third kappa shape index (κ3) is 4.15. The lowest BCUT2D eigenvalue weighted by Crippen LogP contribution is -2.51. The number of halogens is 1. The van der Waals surface area contributed by atoms with Gasteiger partial charge in [-0.1, -0.05) is 40.2 Å². The fourth-order valence-corrected chi connectivity index (χ4v) is 3.63. The maximum absolute atomic E-state index is 13.3. The van der Waals surface area contributed by atoms with Gasteiger partial charge in [0, 0.05) is 27.7 Å². The second-order valence-corrected chi connectivity index (χ2v) is 7.98. The Morgan fingerprint density at radius 2 is 1.36 bits per heavy atom. The standard InChI is InChI=1S/C23H14BrN3O6/c24-16-9-5-14(6-10-16)20(28)13-25(21(29)15-7-11-17(12-8-15)27(32)33)26-22(30)18-3-1-2-4-19(18)23(26)31/h1-12H,13H2. The van der Waals surface area contributed by atoms with E-state index < -0.39 is 35.0 Å². The number of carbonyl (C=O) groups excluding carboxylic acids is 4. The van der Waals surface area contributed by atoms with Crippen molar-refractivity contribution in [2.45, 2.75) is 0 Å². The van der Waals surface area contributed by atoms with Crippen LogP contribution in [0.2, 0.25) is 0 Å². The number of amides is 3. The van der Waals surface area contributed by atoms with Crippen LogP contribution in [0.25, 0.3) is 0 Å². The normalized spacial score (nSPS) is 12.5. The van der Waals surface area contributed by atoms with E-state index in [0.29, 0.717) is 5.01 Å². The van der Waals surface area contributed by atoms with E-state index in [4.69, 9.17) is 0 Å². The van der Waals surface area contributed by atoms with Crippen LogP contribution in [0.1, 0.15) is 41.4 Å². The second-order valence-electron chi connectivity index (χ2n) is 7.06. The number of ketones is 1. The second kappa shape index (κ2) is 8.75. The molecule has 33 heavy (non-hydrogen) atoms. The van der Waals surface area contributed by atoms with E-state index in [1.807, 2.05) is 0 Å².